The fourth-order valence-corrected chi connectivity index (χ4v) is 5.04. The van der Waals surface area contributed by atoms with Crippen LogP contribution >= 0.6 is 0 Å². The molecule has 2 heterocycles. The zero-order chi connectivity index (χ0) is 24.6. The molecule has 1 unspecified atom stereocenters. The molecule has 1 aromatic heterocycles. The predicted molar refractivity (Wildman–Crippen MR) is 134 cm³/mol. The number of carbonyl (C=O) groups excluding carboxylic acids is 2. The van der Waals surface area contributed by atoms with E-state index in [2.05, 4.69) is 0 Å². The van der Waals surface area contributed by atoms with E-state index in [1.54, 1.807) is 17.0 Å². The van der Waals surface area contributed by atoms with Crippen LogP contribution in [0.2, 0.25) is 0 Å². The van der Waals surface area contributed by atoms with Crippen LogP contribution in [0.15, 0.2) is 85.2 Å². The Kier molecular flexibility index (Phi) is 8.14. The molecule has 182 valence electrons. The van der Waals surface area contributed by atoms with E-state index in [4.69, 9.17) is 0 Å². The molecular formula is C29H32N2O4. The SMILES string of the molecule is O=C(O)[C@H]1CCCN1C(=O)C(CC[C@H](Cc1ccccc1)C(=O)n1cccc1)Cc1ccccc1. The zero-order valence-electron chi connectivity index (χ0n) is 19.8. The van der Waals surface area contributed by atoms with Gasteiger partial charge in [-0.1, -0.05) is 60.7 Å². The van der Waals surface area contributed by atoms with Gasteiger partial charge in [-0.05, 0) is 61.8 Å². The number of carboxylic acid groups (broad SMARTS) is 1. The summed E-state index contributed by atoms with van der Waals surface area (Å²) in [6.07, 6.45) is 6.88. The molecule has 35 heavy (non-hydrogen) atoms. The summed E-state index contributed by atoms with van der Waals surface area (Å²) < 4.78 is 1.61. The molecule has 4 rings (SSSR count). The lowest BCUT2D eigenvalue weighted by molar-refractivity contribution is -0.150. The van der Waals surface area contributed by atoms with Gasteiger partial charge >= 0.3 is 5.97 Å². The summed E-state index contributed by atoms with van der Waals surface area (Å²) in [5, 5.41) is 9.62. The van der Waals surface area contributed by atoms with Crippen LogP contribution < -0.4 is 0 Å². The Balaban J connectivity index is 1.55. The first kappa shape index (κ1) is 24.5. The van der Waals surface area contributed by atoms with Gasteiger partial charge in [-0.3, -0.25) is 14.2 Å². The van der Waals surface area contributed by atoms with Crippen molar-refractivity contribution in [1.82, 2.24) is 9.47 Å². The molecule has 0 aliphatic carbocycles. The lowest BCUT2D eigenvalue weighted by Crippen LogP contribution is -2.44. The van der Waals surface area contributed by atoms with Gasteiger partial charge in [-0.15, -0.1) is 0 Å². The maximum absolute atomic E-state index is 13.6. The summed E-state index contributed by atoms with van der Waals surface area (Å²) >= 11 is 0. The molecule has 1 saturated heterocycles. The van der Waals surface area contributed by atoms with Gasteiger partial charge in [0.05, 0.1) is 0 Å². The number of amides is 1. The smallest absolute Gasteiger partial charge is 0.326 e. The highest BCUT2D eigenvalue weighted by Crippen LogP contribution is 2.27. The van der Waals surface area contributed by atoms with Crippen molar-refractivity contribution in [1.29, 1.82) is 0 Å². The number of aliphatic carboxylic acids is 1. The third kappa shape index (κ3) is 6.27. The molecule has 6 nitrogen and oxygen atoms in total. The monoisotopic (exact) mass is 472 g/mol. The molecule has 1 fully saturated rings. The molecule has 1 aliphatic heterocycles. The first-order valence-electron chi connectivity index (χ1n) is 12.3. The molecule has 3 aromatic rings. The summed E-state index contributed by atoms with van der Waals surface area (Å²) in [6.45, 7) is 0.469. The van der Waals surface area contributed by atoms with E-state index >= 15 is 0 Å². The molecule has 0 saturated carbocycles. The number of hydrogen-bond acceptors (Lipinski definition) is 3. The van der Waals surface area contributed by atoms with E-state index in [1.807, 2.05) is 72.8 Å². The van der Waals surface area contributed by atoms with Crippen LogP contribution in [-0.2, 0) is 22.4 Å². The average molecular weight is 473 g/mol. The van der Waals surface area contributed by atoms with E-state index < -0.39 is 12.0 Å². The highest BCUT2D eigenvalue weighted by atomic mass is 16.4. The van der Waals surface area contributed by atoms with Crippen LogP contribution in [-0.4, -0.2) is 44.9 Å². The van der Waals surface area contributed by atoms with Crippen LogP contribution in [0.4, 0.5) is 0 Å². The Labute approximate surface area is 206 Å². The van der Waals surface area contributed by atoms with Crippen molar-refractivity contribution >= 4 is 17.8 Å². The fourth-order valence-electron chi connectivity index (χ4n) is 5.04. The van der Waals surface area contributed by atoms with Crippen molar-refractivity contribution in [2.24, 2.45) is 11.8 Å². The van der Waals surface area contributed by atoms with Gasteiger partial charge < -0.3 is 10.0 Å². The van der Waals surface area contributed by atoms with Gasteiger partial charge in [-0.25, -0.2) is 4.79 Å². The molecule has 1 aliphatic rings. The molecule has 0 bridgehead atoms. The summed E-state index contributed by atoms with van der Waals surface area (Å²) in [6, 6.07) is 22.6. The Morgan fingerprint density at radius 2 is 1.29 bits per heavy atom. The molecular weight excluding hydrogens is 440 g/mol. The molecule has 1 N–H and O–H groups in total. The maximum Gasteiger partial charge on any atom is 0.326 e. The quantitative estimate of drug-likeness (QED) is 0.464. The standard InChI is InChI=1S/C29H32N2O4/c32-27(30-17-7-8-18-30)24(20-22-10-3-1-4-11-22)15-16-25(21-23-12-5-2-6-13-23)28(33)31-19-9-14-26(31)29(34)35/h1-8,10-13,17-18,24-26H,9,14-16,19-21H2,(H,34,35)/t24-,25?,26-/m1/s1. The van der Waals surface area contributed by atoms with Crippen LogP contribution in [0.1, 0.15) is 41.6 Å². The third-order valence-electron chi connectivity index (χ3n) is 6.89. The van der Waals surface area contributed by atoms with Gasteiger partial charge in [0, 0.05) is 30.8 Å². The first-order valence-corrected chi connectivity index (χ1v) is 12.3. The van der Waals surface area contributed by atoms with Crippen molar-refractivity contribution in [2.45, 2.75) is 44.6 Å². The zero-order valence-corrected chi connectivity index (χ0v) is 19.8. The normalized spacial score (nSPS) is 17.1. The van der Waals surface area contributed by atoms with Crippen LogP contribution in [0.5, 0.6) is 0 Å². The van der Waals surface area contributed by atoms with Crippen LogP contribution in [0.3, 0.4) is 0 Å². The van der Waals surface area contributed by atoms with Crippen LogP contribution in [0, 0.1) is 11.8 Å². The Hall–Kier alpha value is -3.67. The maximum atomic E-state index is 13.6. The summed E-state index contributed by atoms with van der Waals surface area (Å²) in [5.74, 6) is -1.73. The van der Waals surface area contributed by atoms with E-state index in [1.165, 1.54) is 4.90 Å². The minimum absolute atomic E-state index is 0.00866. The van der Waals surface area contributed by atoms with Crippen LogP contribution in [0.25, 0.3) is 0 Å². The topological polar surface area (TPSA) is 79.6 Å². The third-order valence-corrected chi connectivity index (χ3v) is 6.89. The summed E-state index contributed by atoms with van der Waals surface area (Å²) in [4.78, 5) is 40.2. The van der Waals surface area contributed by atoms with E-state index in [-0.39, 0.29) is 23.7 Å². The number of carbonyl (C=O) groups is 3. The molecule has 2 aromatic carbocycles. The number of carboxylic acids is 1. The second-order valence-corrected chi connectivity index (χ2v) is 9.31. The van der Waals surface area contributed by atoms with Crippen molar-refractivity contribution < 1.29 is 19.5 Å². The van der Waals surface area contributed by atoms with Crippen molar-refractivity contribution in [3.05, 3.63) is 96.3 Å². The Morgan fingerprint density at radius 1 is 0.771 bits per heavy atom. The first-order chi connectivity index (χ1) is 17.0. The van der Waals surface area contributed by atoms with E-state index in [0.29, 0.717) is 45.1 Å². The minimum Gasteiger partial charge on any atom is -0.480 e. The molecule has 1 amide bonds. The van der Waals surface area contributed by atoms with Gasteiger partial charge in [0.25, 0.3) is 0 Å². The van der Waals surface area contributed by atoms with Crippen molar-refractivity contribution in [3.8, 4) is 0 Å². The van der Waals surface area contributed by atoms with Gasteiger partial charge in [0.1, 0.15) is 6.04 Å². The van der Waals surface area contributed by atoms with E-state index in [9.17, 15) is 19.5 Å². The number of likely N-dealkylation sites (tertiary alicyclic amines) is 1. The number of nitrogens with zero attached hydrogens (tertiary/aromatic N) is 2. The minimum atomic E-state index is -0.945. The number of benzene rings is 2. The van der Waals surface area contributed by atoms with Gasteiger partial charge in [-0.2, -0.15) is 0 Å². The largest absolute Gasteiger partial charge is 0.480 e. The highest BCUT2D eigenvalue weighted by molar-refractivity contribution is 5.86. The molecule has 6 heteroatoms. The highest BCUT2D eigenvalue weighted by Gasteiger charge is 2.37. The number of hydrogen-bond donors (Lipinski definition) is 1. The number of aromatic nitrogens is 1. The fraction of sp³-hybridized carbons (Fsp3) is 0.345. The second kappa shape index (κ2) is 11.6. The van der Waals surface area contributed by atoms with Gasteiger partial charge in [0.15, 0.2) is 0 Å². The summed E-state index contributed by atoms with van der Waals surface area (Å²) in [7, 11) is 0. The van der Waals surface area contributed by atoms with Crippen molar-refractivity contribution in [3.63, 3.8) is 0 Å². The van der Waals surface area contributed by atoms with Gasteiger partial charge in [0.2, 0.25) is 11.8 Å². The van der Waals surface area contributed by atoms with Crippen molar-refractivity contribution in [2.75, 3.05) is 6.54 Å². The molecule has 3 atom stereocenters. The number of rotatable bonds is 10. The molecule has 0 radical (unpaired) electrons. The second-order valence-electron chi connectivity index (χ2n) is 9.31. The lowest BCUT2D eigenvalue weighted by atomic mass is 9.86. The Morgan fingerprint density at radius 3 is 1.80 bits per heavy atom. The predicted octanol–water partition coefficient (Wildman–Crippen LogP) is 4.70. The molecule has 0 spiro atoms. The van der Waals surface area contributed by atoms with E-state index in [0.717, 1.165) is 11.1 Å². The lowest BCUT2D eigenvalue weighted by Gasteiger charge is -2.28. The summed E-state index contributed by atoms with van der Waals surface area (Å²) in [5.41, 5.74) is 2.11. The Bertz CT molecular complexity index is 1110. The average Bonchev–Trinajstić information content (AvgIpc) is 3.59.